The van der Waals surface area contributed by atoms with Crippen LogP contribution in [0.3, 0.4) is 0 Å². The first-order valence-electron chi connectivity index (χ1n) is 14.2. The third-order valence-corrected chi connectivity index (χ3v) is 7.65. The van der Waals surface area contributed by atoms with Crippen molar-refractivity contribution in [3.63, 3.8) is 0 Å². The normalized spacial score (nSPS) is 15.2. The fraction of sp³-hybridized carbons (Fsp3) is 0.516. The maximum atomic E-state index is 14.8. The molecule has 0 spiro atoms. The smallest absolute Gasteiger partial charge is 0.273 e. The van der Waals surface area contributed by atoms with E-state index in [2.05, 4.69) is 29.0 Å². The van der Waals surface area contributed by atoms with Crippen molar-refractivity contribution in [2.24, 2.45) is 0 Å². The summed E-state index contributed by atoms with van der Waals surface area (Å²) in [6, 6.07) is 10.7. The van der Waals surface area contributed by atoms with Crippen molar-refractivity contribution in [3.05, 3.63) is 57.9 Å². The van der Waals surface area contributed by atoms with Crippen molar-refractivity contribution >= 4 is 22.5 Å². The Hall–Kier alpha value is -3.33. The molecule has 1 N–H and O–H groups in total. The number of hydrogen-bond donors (Lipinski definition) is 1. The number of rotatable bonds is 8. The summed E-state index contributed by atoms with van der Waals surface area (Å²) in [6.45, 7) is 14.6. The van der Waals surface area contributed by atoms with E-state index in [1.807, 2.05) is 32.0 Å². The Labute approximate surface area is 235 Å². The van der Waals surface area contributed by atoms with E-state index < -0.39 is 5.92 Å². The van der Waals surface area contributed by atoms with Gasteiger partial charge in [0.15, 0.2) is 0 Å². The minimum atomic E-state index is -3.02. The van der Waals surface area contributed by atoms with Gasteiger partial charge in [-0.05, 0) is 70.9 Å². The first-order chi connectivity index (χ1) is 18.9. The van der Waals surface area contributed by atoms with Gasteiger partial charge in [0.2, 0.25) is 5.91 Å². The highest BCUT2D eigenvalue weighted by Gasteiger charge is 2.31. The third-order valence-electron chi connectivity index (χ3n) is 7.65. The molecule has 0 radical (unpaired) electrons. The highest BCUT2D eigenvalue weighted by atomic mass is 19.3. The van der Waals surface area contributed by atoms with Gasteiger partial charge in [-0.2, -0.15) is 0 Å². The fourth-order valence-electron chi connectivity index (χ4n) is 5.34. The molecule has 0 bridgehead atoms. The van der Waals surface area contributed by atoms with E-state index >= 15 is 0 Å². The predicted octanol–water partition coefficient (Wildman–Crippen LogP) is 5.32. The zero-order chi connectivity index (χ0) is 29.2. The largest absolute Gasteiger partial charge is 0.370 e. The van der Waals surface area contributed by atoms with E-state index in [1.54, 1.807) is 19.1 Å². The molecule has 4 rings (SSSR count). The maximum Gasteiger partial charge on any atom is 0.273 e. The molecule has 40 heavy (non-hydrogen) atoms. The molecule has 1 saturated heterocycles. The number of carbonyl (C=O) groups is 1. The summed E-state index contributed by atoms with van der Waals surface area (Å²) in [7, 11) is 0. The maximum absolute atomic E-state index is 14.8. The third kappa shape index (κ3) is 6.35. The number of aromatic nitrogens is 2. The lowest BCUT2D eigenvalue weighted by atomic mass is 9.97. The monoisotopic (exact) mass is 553 g/mol. The second kappa shape index (κ2) is 12.0. The van der Waals surface area contributed by atoms with E-state index in [9.17, 15) is 18.4 Å². The number of aryl methyl sites for hydroxylation is 1. The number of hydrogen-bond acceptors (Lipinski definition) is 5. The van der Waals surface area contributed by atoms with E-state index in [1.165, 1.54) is 17.6 Å². The van der Waals surface area contributed by atoms with Crippen LogP contribution in [0.5, 0.6) is 0 Å². The molecule has 1 amide bonds. The van der Waals surface area contributed by atoms with Gasteiger partial charge in [0.25, 0.3) is 11.5 Å². The van der Waals surface area contributed by atoms with E-state index in [-0.39, 0.29) is 41.9 Å². The summed E-state index contributed by atoms with van der Waals surface area (Å²) < 4.78 is 30.9. The lowest BCUT2D eigenvalue weighted by Gasteiger charge is -2.26. The zero-order valence-corrected chi connectivity index (χ0v) is 24.4. The molecule has 1 aliphatic rings. The number of halogens is 2. The topological polar surface area (TPSA) is 70.5 Å². The molecule has 2 heterocycles. The molecular weight excluding hydrogens is 512 g/mol. The Bertz CT molecular complexity index is 1430. The van der Waals surface area contributed by atoms with Gasteiger partial charge < -0.3 is 10.2 Å². The first-order valence-corrected chi connectivity index (χ1v) is 14.2. The first kappa shape index (κ1) is 29.6. The number of fused-ring (bicyclic) bond motifs is 1. The number of benzene rings is 2. The van der Waals surface area contributed by atoms with Crippen LogP contribution in [0.1, 0.15) is 58.6 Å². The number of nitrogens with zero attached hydrogens (tertiary/aromatic N) is 4. The average Bonchev–Trinajstić information content (AvgIpc) is 3.16. The lowest BCUT2D eigenvalue weighted by Crippen LogP contribution is -2.37. The Kier molecular flexibility index (Phi) is 8.93. The molecule has 0 unspecified atom stereocenters. The van der Waals surface area contributed by atoms with E-state index in [4.69, 9.17) is 4.98 Å². The van der Waals surface area contributed by atoms with Crippen LogP contribution in [0.15, 0.2) is 41.2 Å². The number of nitrogens with one attached hydrogen (secondary N) is 1. The fourth-order valence-corrected chi connectivity index (χ4v) is 5.34. The van der Waals surface area contributed by atoms with Gasteiger partial charge in [-0.3, -0.25) is 19.1 Å². The molecule has 9 heteroatoms. The zero-order valence-electron chi connectivity index (χ0n) is 24.4. The van der Waals surface area contributed by atoms with Gasteiger partial charge in [-0.25, -0.2) is 13.8 Å². The van der Waals surface area contributed by atoms with Crippen LogP contribution in [0.25, 0.3) is 22.3 Å². The highest BCUT2D eigenvalue weighted by Crippen LogP contribution is 2.36. The summed E-state index contributed by atoms with van der Waals surface area (Å²) >= 11 is 0. The van der Waals surface area contributed by atoms with Crippen LogP contribution in [0.4, 0.5) is 14.5 Å². The summed E-state index contributed by atoms with van der Waals surface area (Å²) in [5.41, 5.74) is 1.75. The molecule has 1 fully saturated rings. The summed E-state index contributed by atoms with van der Waals surface area (Å²) in [5, 5.41) is 3.22. The second-order valence-corrected chi connectivity index (χ2v) is 11.3. The van der Waals surface area contributed by atoms with E-state index in [0.717, 1.165) is 38.3 Å². The molecule has 216 valence electrons. The van der Waals surface area contributed by atoms with Crippen LogP contribution in [0.2, 0.25) is 0 Å². The number of anilines is 1. The van der Waals surface area contributed by atoms with Gasteiger partial charge in [0.1, 0.15) is 12.4 Å². The van der Waals surface area contributed by atoms with Crippen molar-refractivity contribution in [2.75, 3.05) is 31.1 Å². The molecule has 0 saturated carbocycles. The molecular formula is C31H41F2N5O2. The van der Waals surface area contributed by atoms with Gasteiger partial charge in [-0.1, -0.05) is 19.1 Å². The standard InChI is InChI=1S/C31H41F2N5O2/c1-7-31(32,33)26-17-23(10-9-22(26)6)29-35-27-12-11-24(37-14-8-13-36(15-16-37)21(4)5)18-25(27)30(40)38(29)19-28(39)34-20(2)3/h9-12,17-18,20-21H,7-8,13-16,19H2,1-6H3,(H,34,39). The summed E-state index contributed by atoms with van der Waals surface area (Å²) in [6.07, 6.45) is 0.672. The van der Waals surface area contributed by atoms with Gasteiger partial charge >= 0.3 is 0 Å². The Balaban J connectivity index is 1.83. The minimum absolute atomic E-state index is 0.105. The molecule has 2 aromatic carbocycles. The SMILES string of the molecule is CCC(F)(F)c1cc(-c2nc3ccc(N4CCCN(C(C)C)CC4)cc3c(=O)n2CC(=O)NC(C)C)ccc1C. The molecule has 1 aliphatic heterocycles. The van der Waals surface area contributed by atoms with Crippen molar-refractivity contribution in [1.29, 1.82) is 0 Å². The second-order valence-electron chi connectivity index (χ2n) is 11.3. The van der Waals surface area contributed by atoms with Crippen LogP contribution >= 0.6 is 0 Å². The van der Waals surface area contributed by atoms with Crippen LogP contribution in [-0.4, -0.2) is 58.6 Å². The van der Waals surface area contributed by atoms with Crippen LogP contribution < -0.4 is 15.8 Å². The van der Waals surface area contributed by atoms with Crippen molar-refractivity contribution in [2.45, 2.75) is 78.9 Å². The van der Waals surface area contributed by atoms with Crippen LogP contribution in [0, 0.1) is 6.92 Å². The minimum Gasteiger partial charge on any atom is -0.370 e. The van der Waals surface area contributed by atoms with Crippen molar-refractivity contribution in [3.8, 4) is 11.4 Å². The molecule has 1 aromatic heterocycles. The Morgan fingerprint density at radius 2 is 1.80 bits per heavy atom. The molecule has 0 aliphatic carbocycles. The van der Waals surface area contributed by atoms with Crippen LogP contribution in [-0.2, 0) is 17.3 Å². The quantitative estimate of drug-likeness (QED) is 0.409. The van der Waals surface area contributed by atoms with Crippen molar-refractivity contribution < 1.29 is 13.6 Å². The summed E-state index contributed by atoms with van der Waals surface area (Å²) in [5.74, 6) is -3.17. The average molecular weight is 554 g/mol. The molecule has 0 atom stereocenters. The number of alkyl halides is 2. The molecule has 3 aromatic rings. The van der Waals surface area contributed by atoms with Gasteiger partial charge in [0, 0.05) is 61.5 Å². The van der Waals surface area contributed by atoms with Crippen molar-refractivity contribution in [1.82, 2.24) is 19.8 Å². The molecule has 7 nitrogen and oxygen atoms in total. The Morgan fingerprint density at radius 3 is 2.48 bits per heavy atom. The number of amides is 1. The highest BCUT2D eigenvalue weighted by molar-refractivity contribution is 5.85. The van der Waals surface area contributed by atoms with E-state index in [0.29, 0.717) is 28.1 Å². The lowest BCUT2D eigenvalue weighted by molar-refractivity contribution is -0.122. The van der Waals surface area contributed by atoms with Gasteiger partial charge in [0.05, 0.1) is 10.9 Å². The summed E-state index contributed by atoms with van der Waals surface area (Å²) in [4.78, 5) is 36.3. The Morgan fingerprint density at radius 1 is 1.05 bits per heavy atom. The predicted molar refractivity (Wildman–Crippen MR) is 157 cm³/mol. The van der Waals surface area contributed by atoms with Gasteiger partial charge in [-0.15, -0.1) is 0 Å². The number of carbonyl (C=O) groups excluding carboxylic acids is 1.